The highest BCUT2D eigenvalue weighted by atomic mass is 15.0. The van der Waals surface area contributed by atoms with Gasteiger partial charge in [-0.1, -0.05) is 188 Å². The van der Waals surface area contributed by atoms with E-state index in [1.807, 2.05) is 60.7 Å². The zero-order valence-corrected chi connectivity index (χ0v) is 38.4. The molecule has 2 aliphatic rings. The highest BCUT2D eigenvalue weighted by Crippen LogP contribution is 2.41. The molecule has 3 heterocycles. The molecular weight excluding hydrogens is 851 g/mol. The maximum Gasteiger partial charge on any atom is 0.164 e. The zero-order chi connectivity index (χ0) is 46.4. The van der Waals surface area contributed by atoms with Crippen molar-refractivity contribution in [2.24, 2.45) is 0 Å². The first kappa shape index (κ1) is 41.1. The topological polar surface area (TPSA) is 48.5 Å². The first-order chi connectivity index (χ1) is 34.7. The van der Waals surface area contributed by atoms with Gasteiger partial charge in [-0.25, -0.2) is 15.0 Å². The van der Waals surface area contributed by atoms with Crippen LogP contribution in [0.1, 0.15) is 41.6 Å². The summed E-state index contributed by atoms with van der Waals surface area (Å²) in [7, 11) is 0. The molecule has 5 nitrogen and oxygen atoms in total. The summed E-state index contributed by atoms with van der Waals surface area (Å²) < 4.78 is 4.92. The van der Waals surface area contributed by atoms with Gasteiger partial charge >= 0.3 is 0 Å². The molecule has 0 amide bonds. The Morgan fingerprint density at radius 2 is 1.01 bits per heavy atom. The molecule has 0 atom stereocenters. The summed E-state index contributed by atoms with van der Waals surface area (Å²) in [6, 6.07) is 71.3. The van der Waals surface area contributed by atoms with Crippen LogP contribution >= 0.6 is 0 Å². The summed E-state index contributed by atoms with van der Waals surface area (Å²) >= 11 is 0. The Labute approximate surface area is 407 Å². The van der Waals surface area contributed by atoms with Gasteiger partial charge in [-0.3, -0.25) is 0 Å². The molecule has 70 heavy (non-hydrogen) atoms. The molecule has 3 aromatic heterocycles. The second-order valence-corrected chi connectivity index (χ2v) is 18.0. The minimum Gasteiger partial charge on any atom is -0.312 e. The van der Waals surface area contributed by atoms with Gasteiger partial charge in [0.1, 0.15) is 0 Å². The number of allylic oxidation sites excluding steroid dienone is 5. The lowest BCUT2D eigenvalue weighted by Gasteiger charge is -2.20. The summed E-state index contributed by atoms with van der Waals surface area (Å²) in [5.41, 5.74) is 18.7. The number of para-hydroxylation sites is 3. The van der Waals surface area contributed by atoms with Crippen LogP contribution in [-0.2, 0) is 6.42 Å². The molecule has 5 heteroatoms. The Balaban J connectivity index is 0.867. The van der Waals surface area contributed by atoms with Crippen LogP contribution in [0.5, 0.6) is 0 Å². The number of nitrogens with zero attached hydrogens (tertiary/aromatic N) is 5. The van der Waals surface area contributed by atoms with Gasteiger partial charge in [-0.05, 0) is 89.2 Å². The second-order valence-electron chi connectivity index (χ2n) is 18.0. The van der Waals surface area contributed by atoms with E-state index in [1.54, 1.807) is 0 Å². The van der Waals surface area contributed by atoms with Gasteiger partial charge in [-0.2, -0.15) is 0 Å². The van der Waals surface area contributed by atoms with Gasteiger partial charge in [0.15, 0.2) is 17.5 Å². The van der Waals surface area contributed by atoms with Crippen LogP contribution < -0.4 is 0 Å². The molecule has 0 saturated carbocycles. The van der Waals surface area contributed by atoms with Crippen LogP contribution in [0.2, 0.25) is 0 Å². The monoisotopic (exact) mass is 895 g/mol. The summed E-state index contributed by atoms with van der Waals surface area (Å²) in [5.74, 6) is 8.62. The molecule has 0 radical (unpaired) electrons. The number of benzene rings is 8. The van der Waals surface area contributed by atoms with E-state index < -0.39 is 0 Å². The largest absolute Gasteiger partial charge is 0.312 e. The van der Waals surface area contributed by atoms with Crippen molar-refractivity contribution in [3.8, 4) is 68.5 Å². The van der Waals surface area contributed by atoms with E-state index in [1.165, 1.54) is 66.4 Å². The molecule has 0 saturated heterocycles. The van der Waals surface area contributed by atoms with Crippen molar-refractivity contribution in [3.63, 3.8) is 0 Å². The van der Waals surface area contributed by atoms with Crippen LogP contribution in [0.25, 0.3) is 107 Å². The minimum absolute atomic E-state index is 0.636. The fourth-order valence-corrected chi connectivity index (χ4v) is 10.5. The first-order valence-electron chi connectivity index (χ1n) is 24.1. The molecule has 11 aromatic rings. The number of hydrogen-bond donors (Lipinski definition) is 0. The van der Waals surface area contributed by atoms with Crippen molar-refractivity contribution < 1.29 is 0 Å². The molecule has 0 N–H and O–H groups in total. The van der Waals surface area contributed by atoms with Crippen molar-refractivity contribution in [1.29, 1.82) is 0 Å². The molecule has 0 bridgehead atoms. The quantitative estimate of drug-likeness (QED) is 0.143. The average molecular weight is 896 g/mol. The Bertz CT molecular complexity index is 3930. The Kier molecular flexibility index (Phi) is 10.3. The highest BCUT2D eigenvalue weighted by Gasteiger charge is 2.24. The predicted octanol–water partition coefficient (Wildman–Crippen LogP) is 15.8. The van der Waals surface area contributed by atoms with Crippen molar-refractivity contribution in [2.75, 3.05) is 0 Å². The molecule has 0 aliphatic heterocycles. The third-order valence-electron chi connectivity index (χ3n) is 13.8. The summed E-state index contributed by atoms with van der Waals surface area (Å²) in [6.07, 6.45) is 12.4. The fourth-order valence-electron chi connectivity index (χ4n) is 10.5. The molecule has 8 aromatic carbocycles. The van der Waals surface area contributed by atoms with Crippen LogP contribution in [0.4, 0.5) is 0 Å². The standard InChI is InChI=1S/C65H45N5/c1-2-6-19-45(20-7-3-1)53-27-12-15-30-58(53)70-60-32-17-14-29-55(60)57-42-49(36-40-61(57)70)44-33-37-52(38-34-44)69-59-31-16-13-28-54(59)56-39-35-50(43-62(56)69)48-25-18-26-51(41-48)65-67-63(46-21-8-4-9-22-46)66-64(68-65)47-23-10-5-11-24-47/h2,4-6,8-19,21-35,37-39,41-43H,1,20,36,40H2/b6-2-,45-19+. The maximum absolute atomic E-state index is 5.03. The van der Waals surface area contributed by atoms with E-state index >= 15 is 0 Å². The van der Waals surface area contributed by atoms with E-state index in [0.29, 0.717) is 17.5 Å². The van der Waals surface area contributed by atoms with Gasteiger partial charge in [0.25, 0.3) is 0 Å². The highest BCUT2D eigenvalue weighted by molar-refractivity contribution is 6.10. The fraction of sp³-hybridized carbons (Fsp3) is 0.0615. The Morgan fingerprint density at radius 3 is 1.79 bits per heavy atom. The van der Waals surface area contributed by atoms with Crippen molar-refractivity contribution in [2.45, 2.75) is 25.7 Å². The van der Waals surface area contributed by atoms with E-state index in [-0.39, 0.29) is 0 Å². The van der Waals surface area contributed by atoms with Gasteiger partial charge < -0.3 is 9.13 Å². The zero-order valence-electron chi connectivity index (χ0n) is 38.4. The lowest BCUT2D eigenvalue weighted by atomic mass is 9.91. The molecule has 330 valence electrons. The number of fused-ring (bicyclic) bond motifs is 6. The van der Waals surface area contributed by atoms with E-state index in [0.717, 1.165) is 64.7 Å². The third-order valence-corrected chi connectivity index (χ3v) is 13.8. The molecule has 0 fully saturated rings. The van der Waals surface area contributed by atoms with Crippen molar-refractivity contribution in [3.05, 3.63) is 241 Å². The molecule has 2 aliphatic carbocycles. The van der Waals surface area contributed by atoms with Crippen LogP contribution in [0, 0.1) is 11.8 Å². The van der Waals surface area contributed by atoms with Crippen molar-refractivity contribution >= 4 is 49.9 Å². The summed E-state index contributed by atoms with van der Waals surface area (Å²) in [6.45, 7) is 0. The lowest BCUT2D eigenvalue weighted by molar-refractivity contribution is 0.896. The molecule has 13 rings (SSSR count). The molecule has 0 unspecified atom stereocenters. The minimum atomic E-state index is 0.636. The normalized spacial score (nSPS) is 14.5. The van der Waals surface area contributed by atoms with Gasteiger partial charge in [0, 0.05) is 68.2 Å². The molecule has 0 spiro atoms. The van der Waals surface area contributed by atoms with Gasteiger partial charge in [0.2, 0.25) is 0 Å². The average Bonchev–Trinajstić information content (AvgIpc) is 3.93. The molecular formula is C65H45N5. The number of rotatable bonds is 8. The smallest absolute Gasteiger partial charge is 0.164 e. The van der Waals surface area contributed by atoms with Crippen LogP contribution in [0.3, 0.4) is 0 Å². The summed E-state index contributed by atoms with van der Waals surface area (Å²) in [5, 5.41) is 3.72. The van der Waals surface area contributed by atoms with E-state index in [9.17, 15) is 0 Å². The predicted molar refractivity (Wildman–Crippen MR) is 290 cm³/mol. The van der Waals surface area contributed by atoms with Gasteiger partial charge in [-0.15, -0.1) is 0 Å². The van der Waals surface area contributed by atoms with Crippen LogP contribution in [-0.4, -0.2) is 24.1 Å². The van der Waals surface area contributed by atoms with Crippen molar-refractivity contribution in [1.82, 2.24) is 24.1 Å². The number of aromatic nitrogens is 5. The second kappa shape index (κ2) is 17.5. The van der Waals surface area contributed by atoms with Gasteiger partial charge in [0.05, 0.1) is 22.2 Å². The number of hydrogen-bond acceptors (Lipinski definition) is 3. The SMILES string of the molecule is C1#CC/C(c2ccccc2-n2c3c(c4ccccc42)C=C(c2ccc(-n4c5ccccc5c5ccc(-c6cccc(-c7nc(-c8ccccc8)nc(-c8ccccc8)n7)c6)cc54)cc2)CC3)=C\C=C/C1. The maximum atomic E-state index is 5.03. The van der Waals surface area contributed by atoms with E-state index in [4.69, 9.17) is 15.0 Å². The first-order valence-corrected chi connectivity index (χ1v) is 24.1. The Hall–Kier alpha value is -9.11. The lowest BCUT2D eigenvalue weighted by Crippen LogP contribution is -2.07. The third kappa shape index (κ3) is 7.35. The Morgan fingerprint density at radius 1 is 0.414 bits per heavy atom. The van der Waals surface area contributed by atoms with Crippen LogP contribution in [0.15, 0.2) is 218 Å². The summed E-state index contributed by atoms with van der Waals surface area (Å²) in [4.78, 5) is 15.0. The van der Waals surface area contributed by atoms with E-state index in [2.05, 4.69) is 185 Å².